The fourth-order valence-corrected chi connectivity index (χ4v) is 7.63. The van der Waals surface area contributed by atoms with Crippen LogP contribution in [0.15, 0.2) is 108 Å². The molecule has 0 bridgehead atoms. The molecule has 1 heterocycles. The van der Waals surface area contributed by atoms with Crippen LogP contribution >= 0.6 is 0 Å². The third kappa shape index (κ3) is 5.63. The zero-order chi connectivity index (χ0) is 29.3. The van der Waals surface area contributed by atoms with Crippen molar-refractivity contribution in [2.24, 2.45) is 0 Å². The molecule has 1 aromatic heterocycles. The van der Waals surface area contributed by atoms with Gasteiger partial charge < -0.3 is 4.74 Å². The highest BCUT2D eigenvalue weighted by atomic mass is 32.2. The van der Waals surface area contributed by atoms with E-state index in [0.29, 0.717) is 47.3 Å². The van der Waals surface area contributed by atoms with Gasteiger partial charge in [0.1, 0.15) is 11.5 Å². The van der Waals surface area contributed by atoms with Crippen LogP contribution in [0.5, 0.6) is 11.5 Å². The molecule has 0 aliphatic heterocycles. The maximum absolute atomic E-state index is 13.9. The van der Waals surface area contributed by atoms with Crippen LogP contribution < -0.4 is 4.74 Å². The number of benzene rings is 4. The molecule has 4 aromatic carbocycles. The van der Waals surface area contributed by atoms with E-state index in [1.54, 1.807) is 48.5 Å². The number of hydrogen-bond acceptors (Lipinski definition) is 4. The summed E-state index contributed by atoms with van der Waals surface area (Å²) in [5.74, 6) is 0.806. The van der Waals surface area contributed by atoms with Gasteiger partial charge in [0.05, 0.1) is 21.2 Å². The van der Waals surface area contributed by atoms with Crippen LogP contribution in [0.25, 0.3) is 22.0 Å². The molecule has 0 radical (unpaired) electrons. The van der Waals surface area contributed by atoms with E-state index < -0.39 is 21.6 Å². The Morgan fingerprint density at radius 3 is 2.24 bits per heavy atom. The maximum atomic E-state index is 13.9. The number of hydrogen-bond donors (Lipinski definition) is 0. The van der Waals surface area contributed by atoms with Crippen molar-refractivity contribution in [2.45, 2.75) is 48.4 Å². The Morgan fingerprint density at radius 1 is 0.810 bits per heavy atom. The lowest BCUT2D eigenvalue weighted by atomic mass is 9.92. The zero-order valence-electron chi connectivity index (χ0n) is 22.6. The van der Waals surface area contributed by atoms with E-state index in [0.717, 1.165) is 30.0 Å². The molecule has 1 fully saturated rings. The SMILES string of the molecule is O=S(=O)(c1cccc(Oc2cccc(-c3c(Cc4ccccc4)cnc4c(C(F)(F)F)cccc34)c2)c1)C1CCCC1. The molecular formula is C34H28F3NO3S. The summed E-state index contributed by atoms with van der Waals surface area (Å²) in [6.45, 7) is 0. The van der Waals surface area contributed by atoms with Gasteiger partial charge in [0.25, 0.3) is 0 Å². The monoisotopic (exact) mass is 587 g/mol. The van der Waals surface area contributed by atoms with Crippen LogP contribution in [0, 0.1) is 0 Å². The van der Waals surface area contributed by atoms with Gasteiger partial charge in [-0.25, -0.2) is 8.42 Å². The molecule has 1 aliphatic rings. The molecule has 0 saturated heterocycles. The predicted molar refractivity (Wildman–Crippen MR) is 157 cm³/mol. The summed E-state index contributed by atoms with van der Waals surface area (Å²) in [5.41, 5.74) is 2.17. The highest BCUT2D eigenvalue weighted by Gasteiger charge is 2.34. The standard InChI is InChI=1S/C34H28F3NO3S/c35-34(36,37)31-18-8-17-30-32(25(22-38-33(30)31)19-23-9-2-1-3-10-23)24-11-6-12-26(20-24)41-27-13-7-16-29(21-27)42(39,40)28-14-4-5-15-28/h1-3,6-13,16-18,20-22,28H,4-5,14-15,19H2. The lowest BCUT2D eigenvalue weighted by Crippen LogP contribution is -2.17. The normalized spacial score (nSPS) is 14.4. The number of halogens is 3. The second-order valence-electron chi connectivity index (χ2n) is 10.6. The minimum Gasteiger partial charge on any atom is -0.457 e. The van der Waals surface area contributed by atoms with Crippen molar-refractivity contribution in [2.75, 3.05) is 0 Å². The molecule has 0 atom stereocenters. The number of nitrogens with zero attached hydrogens (tertiary/aromatic N) is 1. The Hall–Kier alpha value is -4.17. The Kier molecular flexibility index (Phi) is 7.49. The molecule has 1 aliphatic carbocycles. The first-order valence-corrected chi connectivity index (χ1v) is 15.4. The van der Waals surface area contributed by atoms with E-state index in [1.807, 2.05) is 36.4 Å². The maximum Gasteiger partial charge on any atom is 0.418 e. The number of fused-ring (bicyclic) bond motifs is 1. The summed E-state index contributed by atoms with van der Waals surface area (Å²) < 4.78 is 74.2. The van der Waals surface area contributed by atoms with Crippen molar-refractivity contribution < 1.29 is 26.3 Å². The van der Waals surface area contributed by atoms with E-state index in [4.69, 9.17) is 4.74 Å². The van der Waals surface area contributed by atoms with Gasteiger partial charge in [-0.2, -0.15) is 13.2 Å². The van der Waals surface area contributed by atoms with E-state index in [9.17, 15) is 21.6 Å². The van der Waals surface area contributed by atoms with Crippen molar-refractivity contribution in [3.05, 3.63) is 120 Å². The predicted octanol–water partition coefficient (Wildman–Crippen LogP) is 9.02. The molecule has 0 spiro atoms. The van der Waals surface area contributed by atoms with Crippen LogP contribution in [-0.2, 0) is 22.4 Å². The smallest absolute Gasteiger partial charge is 0.418 e. The Morgan fingerprint density at radius 2 is 1.50 bits per heavy atom. The molecule has 42 heavy (non-hydrogen) atoms. The average Bonchev–Trinajstić information content (AvgIpc) is 3.53. The van der Waals surface area contributed by atoms with E-state index in [-0.39, 0.29) is 15.7 Å². The Balaban J connectivity index is 1.42. The number of pyridine rings is 1. The van der Waals surface area contributed by atoms with Crippen molar-refractivity contribution in [1.29, 1.82) is 0 Å². The second kappa shape index (κ2) is 11.2. The lowest BCUT2D eigenvalue weighted by Gasteiger charge is -2.17. The molecule has 0 N–H and O–H groups in total. The average molecular weight is 588 g/mol. The number of aromatic nitrogens is 1. The van der Waals surface area contributed by atoms with Gasteiger partial charge in [-0.1, -0.05) is 73.5 Å². The molecule has 8 heteroatoms. The summed E-state index contributed by atoms with van der Waals surface area (Å²) in [6.07, 6.45) is 0.583. The van der Waals surface area contributed by atoms with Gasteiger partial charge in [0.2, 0.25) is 0 Å². The third-order valence-electron chi connectivity index (χ3n) is 7.75. The van der Waals surface area contributed by atoms with Gasteiger partial charge in [-0.15, -0.1) is 0 Å². The fraction of sp³-hybridized carbons (Fsp3) is 0.206. The van der Waals surface area contributed by atoms with Crippen molar-refractivity contribution in [1.82, 2.24) is 4.98 Å². The van der Waals surface area contributed by atoms with Crippen molar-refractivity contribution in [3.63, 3.8) is 0 Å². The summed E-state index contributed by atoms with van der Waals surface area (Å²) in [5, 5.41) is 0.0146. The third-order valence-corrected chi connectivity index (χ3v) is 10.0. The molecule has 5 aromatic rings. The lowest BCUT2D eigenvalue weighted by molar-refractivity contribution is -0.136. The second-order valence-corrected chi connectivity index (χ2v) is 12.8. The minimum absolute atomic E-state index is 0.118. The summed E-state index contributed by atoms with van der Waals surface area (Å²) in [4.78, 5) is 4.51. The van der Waals surface area contributed by atoms with Crippen LogP contribution in [0.2, 0.25) is 0 Å². The molecule has 4 nitrogen and oxygen atoms in total. The van der Waals surface area contributed by atoms with Gasteiger partial charge in [0.15, 0.2) is 9.84 Å². The Bertz CT molecular complexity index is 1850. The fourth-order valence-electron chi connectivity index (χ4n) is 5.74. The van der Waals surface area contributed by atoms with Crippen molar-refractivity contribution in [3.8, 4) is 22.6 Å². The summed E-state index contributed by atoms with van der Waals surface area (Å²) >= 11 is 0. The topological polar surface area (TPSA) is 56.3 Å². The number of para-hydroxylation sites is 1. The number of alkyl halides is 3. The van der Waals surface area contributed by atoms with Gasteiger partial charge >= 0.3 is 6.18 Å². The van der Waals surface area contributed by atoms with Crippen LogP contribution in [0.1, 0.15) is 42.4 Å². The quantitative estimate of drug-likeness (QED) is 0.191. The van der Waals surface area contributed by atoms with Crippen LogP contribution in [0.4, 0.5) is 13.2 Å². The first-order valence-electron chi connectivity index (χ1n) is 13.8. The molecule has 214 valence electrons. The van der Waals surface area contributed by atoms with E-state index >= 15 is 0 Å². The first-order chi connectivity index (χ1) is 20.2. The number of sulfone groups is 1. The van der Waals surface area contributed by atoms with E-state index in [2.05, 4.69) is 4.98 Å². The van der Waals surface area contributed by atoms with Crippen molar-refractivity contribution >= 4 is 20.7 Å². The van der Waals surface area contributed by atoms with Gasteiger partial charge in [0, 0.05) is 11.6 Å². The molecular weight excluding hydrogens is 559 g/mol. The van der Waals surface area contributed by atoms with Gasteiger partial charge in [-0.05, 0) is 77.9 Å². The zero-order valence-corrected chi connectivity index (χ0v) is 23.5. The summed E-state index contributed by atoms with van der Waals surface area (Å²) in [7, 11) is -3.46. The highest BCUT2D eigenvalue weighted by molar-refractivity contribution is 7.92. The van der Waals surface area contributed by atoms with E-state index in [1.165, 1.54) is 12.3 Å². The number of rotatable bonds is 7. The molecule has 0 amide bonds. The van der Waals surface area contributed by atoms with Crippen LogP contribution in [0.3, 0.4) is 0 Å². The summed E-state index contributed by atoms with van der Waals surface area (Å²) in [6, 6.07) is 27.4. The molecule has 0 unspecified atom stereocenters. The molecule has 6 rings (SSSR count). The highest BCUT2D eigenvalue weighted by Crippen LogP contribution is 2.40. The minimum atomic E-state index is -4.56. The van der Waals surface area contributed by atoms with Gasteiger partial charge in [-0.3, -0.25) is 4.98 Å². The Labute approximate surface area is 242 Å². The molecule has 1 saturated carbocycles. The largest absolute Gasteiger partial charge is 0.457 e. The van der Waals surface area contributed by atoms with Crippen LogP contribution in [-0.4, -0.2) is 18.7 Å². The number of ether oxygens (including phenoxy) is 1. The first kappa shape index (κ1) is 28.0.